The van der Waals surface area contributed by atoms with Crippen molar-refractivity contribution in [2.45, 2.75) is 26.4 Å². The number of nitrogens with one attached hydrogen (secondary N) is 1. The van der Waals surface area contributed by atoms with Crippen LogP contribution in [-0.4, -0.2) is 30.0 Å². The van der Waals surface area contributed by atoms with Gasteiger partial charge in [0.25, 0.3) is 0 Å². The molecule has 26 heavy (non-hydrogen) atoms. The van der Waals surface area contributed by atoms with Crippen LogP contribution in [0.1, 0.15) is 30.6 Å². The summed E-state index contributed by atoms with van der Waals surface area (Å²) in [6.45, 7) is 3.81. The minimum Gasteiger partial charge on any atom is -0.504 e. The van der Waals surface area contributed by atoms with Crippen LogP contribution >= 0.6 is 0 Å². The molecule has 2 rings (SSSR count). The van der Waals surface area contributed by atoms with Crippen LogP contribution in [0.5, 0.6) is 11.5 Å². The highest BCUT2D eigenvalue weighted by Gasteiger charge is 2.24. The molecule has 0 aliphatic heterocycles. The van der Waals surface area contributed by atoms with Crippen molar-refractivity contribution in [3.8, 4) is 11.5 Å². The summed E-state index contributed by atoms with van der Waals surface area (Å²) in [6.07, 6.45) is -0.765. The molecule has 0 radical (unpaired) electrons. The summed E-state index contributed by atoms with van der Waals surface area (Å²) in [7, 11) is 1.46. The quantitative estimate of drug-likeness (QED) is 0.695. The number of phenolic OH excluding ortho intramolecular Hbond substituents is 1. The number of aromatic hydroxyl groups is 1. The fraction of sp³-hybridized carbons (Fsp3) is 0.350. The molecule has 2 aromatic carbocycles. The third kappa shape index (κ3) is 5.13. The summed E-state index contributed by atoms with van der Waals surface area (Å²) in [6, 6.07) is 12.2. The first-order chi connectivity index (χ1) is 12.4. The minimum absolute atomic E-state index is 0.0251. The number of methoxy groups -OCH3 is 1. The van der Waals surface area contributed by atoms with Gasteiger partial charge in [0, 0.05) is 12.3 Å². The van der Waals surface area contributed by atoms with Crippen molar-refractivity contribution in [1.29, 1.82) is 0 Å². The van der Waals surface area contributed by atoms with Crippen LogP contribution in [0.25, 0.3) is 0 Å². The van der Waals surface area contributed by atoms with Crippen LogP contribution < -0.4 is 10.1 Å². The average Bonchev–Trinajstić information content (AvgIpc) is 2.61. The van der Waals surface area contributed by atoms with E-state index in [1.807, 2.05) is 26.0 Å². The number of amides is 1. The van der Waals surface area contributed by atoms with E-state index < -0.39 is 12.2 Å². The molecule has 0 aliphatic carbocycles. The van der Waals surface area contributed by atoms with E-state index in [1.165, 1.54) is 13.2 Å². The van der Waals surface area contributed by atoms with Crippen LogP contribution in [0, 0.1) is 12.8 Å². The van der Waals surface area contributed by atoms with E-state index in [4.69, 9.17) is 9.47 Å². The number of anilines is 1. The van der Waals surface area contributed by atoms with Crippen LogP contribution in [-0.2, 0) is 4.74 Å². The molecule has 0 heterocycles. The monoisotopic (exact) mass is 359 g/mol. The van der Waals surface area contributed by atoms with Gasteiger partial charge in [0.1, 0.15) is 6.10 Å². The SMILES string of the molecule is COc1ccc([C@H](OC(=O)Nc2ccc(C)cc2)[C@H](C)CCO)cc1O. The normalized spacial score (nSPS) is 12.9. The summed E-state index contributed by atoms with van der Waals surface area (Å²) in [5, 5.41) is 21.9. The topological polar surface area (TPSA) is 88.0 Å². The Morgan fingerprint density at radius 3 is 2.46 bits per heavy atom. The number of aliphatic hydroxyl groups is 1. The van der Waals surface area contributed by atoms with E-state index in [0.717, 1.165) is 5.56 Å². The molecule has 6 heteroatoms. The predicted octanol–water partition coefficient (Wildman–Crippen LogP) is 4.02. The molecular weight excluding hydrogens is 334 g/mol. The Hall–Kier alpha value is -2.73. The average molecular weight is 359 g/mol. The number of carbonyl (C=O) groups is 1. The Bertz CT molecular complexity index is 729. The Balaban J connectivity index is 2.17. The minimum atomic E-state index is -0.621. The molecule has 2 aromatic rings. The predicted molar refractivity (Wildman–Crippen MR) is 99.5 cm³/mol. The van der Waals surface area contributed by atoms with Gasteiger partial charge in [-0.1, -0.05) is 30.7 Å². The lowest BCUT2D eigenvalue weighted by Crippen LogP contribution is -2.22. The molecule has 0 saturated heterocycles. The second kappa shape index (κ2) is 9.10. The van der Waals surface area contributed by atoms with Gasteiger partial charge in [-0.2, -0.15) is 0 Å². The van der Waals surface area contributed by atoms with Gasteiger partial charge in [0.2, 0.25) is 0 Å². The second-order valence-corrected chi connectivity index (χ2v) is 6.24. The van der Waals surface area contributed by atoms with Crippen molar-refractivity contribution in [3.05, 3.63) is 53.6 Å². The number of hydrogen-bond acceptors (Lipinski definition) is 5. The highest BCUT2D eigenvalue weighted by atomic mass is 16.6. The van der Waals surface area contributed by atoms with Gasteiger partial charge in [0.05, 0.1) is 7.11 Å². The fourth-order valence-corrected chi connectivity index (χ4v) is 2.65. The summed E-state index contributed by atoms with van der Waals surface area (Å²) in [4.78, 5) is 12.3. The molecule has 0 saturated carbocycles. The Kier molecular flexibility index (Phi) is 6.86. The maximum Gasteiger partial charge on any atom is 0.412 e. The second-order valence-electron chi connectivity index (χ2n) is 6.24. The zero-order chi connectivity index (χ0) is 19.1. The van der Waals surface area contributed by atoms with E-state index in [-0.39, 0.29) is 18.3 Å². The summed E-state index contributed by atoms with van der Waals surface area (Å²) in [5.41, 5.74) is 2.35. The molecule has 2 atom stereocenters. The van der Waals surface area contributed by atoms with Gasteiger partial charge in [0.15, 0.2) is 11.5 Å². The molecule has 0 aromatic heterocycles. The van der Waals surface area contributed by atoms with Crippen LogP contribution in [0.2, 0.25) is 0 Å². The number of aliphatic hydroxyl groups excluding tert-OH is 1. The number of benzene rings is 2. The largest absolute Gasteiger partial charge is 0.504 e. The van der Waals surface area contributed by atoms with Crippen LogP contribution in [0.3, 0.4) is 0 Å². The molecule has 0 spiro atoms. The van der Waals surface area contributed by atoms with Crippen molar-refractivity contribution in [3.63, 3.8) is 0 Å². The maximum atomic E-state index is 12.3. The molecule has 0 aliphatic rings. The van der Waals surface area contributed by atoms with Gasteiger partial charge in [-0.3, -0.25) is 5.32 Å². The van der Waals surface area contributed by atoms with Gasteiger partial charge in [-0.15, -0.1) is 0 Å². The van der Waals surface area contributed by atoms with Crippen molar-refractivity contribution in [2.75, 3.05) is 19.0 Å². The molecule has 1 amide bonds. The standard InChI is InChI=1S/C20H25NO5/c1-13-4-7-16(8-5-13)21-20(24)26-19(14(2)10-11-22)15-6-9-18(25-3)17(23)12-15/h4-9,12,14,19,22-23H,10-11H2,1-3H3,(H,21,24)/t14-,19-/m1/s1. The third-order valence-corrected chi connectivity index (χ3v) is 4.16. The number of ether oxygens (including phenoxy) is 2. The molecule has 6 nitrogen and oxygen atoms in total. The van der Waals surface area contributed by atoms with Crippen molar-refractivity contribution >= 4 is 11.8 Å². The van der Waals surface area contributed by atoms with E-state index in [0.29, 0.717) is 23.4 Å². The van der Waals surface area contributed by atoms with E-state index >= 15 is 0 Å². The summed E-state index contributed by atoms with van der Waals surface area (Å²) >= 11 is 0. The number of rotatable bonds is 7. The Morgan fingerprint density at radius 1 is 1.19 bits per heavy atom. The zero-order valence-corrected chi connectivity index (χ0v) is 15.2. The number of aryl methyl sites for hydroxylation is 1. The van der Waals surface area contributed by atoms with Crippen molar-refractivity contribution in [2.24, 2.45) is 5.92 Å². The Labute approximate surface area is 153 Å². The molecular formula is C20H25NO5. The molecule has 0 bridgehead atoms. The zero-order valence-electron chi connectivity index (χ0n) is 15.2. The van der Waals surface area contributed by atoms with Crippen LogP contribution in [0.4, 0.5) is 10.5 Å². The van der Waals surface area contributed by atoms with E-state index in [1.54, 1.807) is 24.3 Å². The lowest BCUT2D eigenvalue weighted by atomic mass is 9.94. The highest BCUT2D eigenvalue weighted by molar-refractivity contribution is 5.84. The summed E-state index contributed by atoms with van der Waals surface area (Å²) < 4.78 is 10.6. The fourth-order valence-electron chi connectivity index (χ4n) is 2.65. The molecule has 140 valence electrons. The molecule has 3 N–H and O–H groups in total. The smallest absolute Gasteiger partial charge is 0.412 e. The van der Waals surface area contributed by atoms with Crippen molar-refractivity contribution in [1.82, 2.24) is 0 Å². The van der Waals surface area contributed by atoms with Gasteiger partial charge in [-0.25, -0.2) is 4.79 Å². The molecule has 0 unspecified atom stereocenters. The number of phenols is 1. The Morgan fingerprint density at radius 2 is 1.88 bits per heavy atom. The van der Waals surface area contributed by atoms with E-state index in [2.05, 4.69) is 5.32 Å². The van der Waals surface area contributed by atoms with Gasteiger partial charge < -0.3 is 19.7 Å². The number of hydrogen-bond donors (Lipinski definition) is 3. The number of carbonyl (C=O) groups excluding carboxylic acids is 1. The van der Waals surface area contributed by atoms with Gasteiger partial charge >= 0.3 is 6.09 Å². The molecule has 0 fully saturated rings. The first-order valence-corrected chi connectivity index (χ1v) is 8.46. The van der Waals surface area contributed by atoms with Crippen LogP contribution in [0.15, 0.2) is 42.5 Å². The first-order valence-electron chi connectivity index (χ1n) is 8.46. The van der Waals surface area contributed by atoms with E-state index in [9.17, 15) is 15.0 Å². The third-order valence-electron chi connectivity index (χ3n) is 4.16. The van der Waals surface area contributed by atoms with Gasteiger partial charge in [-0.05, 0) is 49.1 Å². The first kappa shape index (κ1) is 19.6. The lowest BCUT2D eigenvalue weighted by Gasteiger charge is -2.24. The summed E-state index contributed by atoms with van der Waals surface area (Å²) in [5.74, 6) is 0.164. The van der Waals surface area contributed by atoms with Crippen molar-refractivity contribution < 1.29 is 24.5 Å². The highest BCUT2D eigenvalue weighted by Crippen LogP contribution is 2.34. The maximum absolute atomic E-state index is 12.3. The lowest BCUT2D eigenvalue weighted by molar-refractivity contribution is 0.0666.